The van der Waals surface area contributed by atoms with Crippen molar-refractivity contribution in [1.82, 2.24) is 19.6 Å². The number of nitrogens with zero attached hydrogens (tertiary/aromatic N) is 4. The van der Waals surface area contributed by atoms with Crippen LogP contribution in [-0.4, -0.2) is 68.5 Å². The average Bonchev–Trinajstić information content (AvgIpc) is 3.24. The summed E-state index contributed by atoms with van der Waals surface area (Å²) in [7, 11) is -3.67. The Balaban J connectivity index is 1.25. The number of hydrogen-bond donors (Lipinski definition) is 1. The summed E-state index contributed by atoms with van der Waals surface area (Å²) in [6.45, 7) is 4.95. The van der Waals surface area contributed by atoms with Gasteiger partial charge in [-0.3, -0.25) is 4.79 Å². The number of piperazine rings is 1. The summed E-state index contributed by atoms with van der Waals surface area (Å²) in [4.78, 5) is 26.5. The highest BCUT2D eigenvalue weighted by Crippen LogP contribution is 2.27. The predicted octanol–water partition coefficient (Wildman–Crippen LogP) is 2.11. The lowest BCUT2D eigenvalue weighted by molar-refractivity contribution is -0.131. The number of ether oxygens (including phenoxy) is 1. The van der Waals surface area contributed by atoms with Crippen molar-refractivity contribution in [3.8, 4) is 5.75 Å². The second kappa shape index (κ2) is 9.80. The fourth-order valence-corrected chi connectivity index (χ4v) is 5.45. The molecule has 3 aromatic rings. The van der Waals surface area contributed by atoms with Gasteiger partial charge in [0, 0.05) is 45.3 Å². The van der Waals surface area contributed by atoms with Crippen LogP contribution in [0.5, 0.6) is 5.75 Å². The molecule has 170 valence electrons. The van der Waals surface area contributed by atoms with E-state index >= 15 is 0 Å². The first kappa shape index (κ1) is 22.4. The minimum atomic E-state index is -3.67. The van der Waals surface area contributed by atoms with Gasteiger partial charge in [0.05, 0.1) is 11.5 Å². The van der Waals surface area contributed by atoms with Crippen LogP contribution >= 0.6 is 11.3 Å². The Labute approximate surface area is 191 Å². The molecule has 32 heavy (non-hydrogen) atoms. The quantitative estimate of drug-likeness (QED) is 0.532. The second-order valence-corrected chi connectivity index (χ2v) is 9.97. The number of nitrogens with one attached hydrogen (secondary N) is 1. The van der Waals surface area contributed by atoms with Crippen molar-refractivity contribution >= 4 is 42.7 Å². The van der Waals surface area contributed by atoms with Gasteiger partial charge >= 0.3 is 0 Å². The van der Waals surface area contributed by atoms with Gasteiger partial charge in [0.25, 0.3) is 0 Å². The van der Waals surface area contributed by atoms with Gasteiger partial charge in [-0.25, -0.2) is 23.1 Å². The van der Waals surface area contributed by atoms with E-state index in [0.29, 0.717) is 38.5 Å². The molecule has 3 heterocycles. The maximum absolute atomic E-state index is 12.6. The van der Waals surface area contributed by atoms with Gasteiger partial charge < -0.3 is 14.5 Å². The molecule has 0 aliphatic carbocycles. The van der Waals surface area contributed by atoms with E-state index in [9.17, 15) is 13.2 Å². The Bertz CT molecular complexity index is 1140. The molecular weight excluding hydrogens is 450 g/mol. The smallest absolute Gasteiger partial charge is 0.240 e. The number of benzene rings is 1. The maximum Gasteiger partial charge on any atom is 0.240 e. The van der Waals surface area contributed by atoms with Crippen LogP contribution in [0.15, 0.2) is 47.5 Å². The van der Waals surface area contributed by atoms with E-state index in [1.54, 1.807) is 34.6 Å². The minimum Gasteiger partial charge on any atom is -0.494 e. The molecule has 1 aliphatic rings. The Morgan fingerprint density at radius 1 is 1.16 bits per heavy atom. The molecule has 4 rings (SSSR count). The number of fused-ring (bicyclic) bond motifs is 1. The summed E-state index contributed by atoms with van der Waals surface area (Å²) in [6, 6.07) is 10.0. The Morgan fingerprint density at radius 3 is 2.59 bits per heavy atom. The van der Waals surface area contributed by atoms with E-state index in [0.717, 1.165) is 15.5 Å². The second-order valence-electron chi connectivity index (χ2n) is 7.24. The first-order valence-corrected chi connectivity index (χ1v) is 12.7. The van der Waals surface area contributed by atoms with Gasteiger partial charge in [0.15, 0.2) is 5.13 Å². The summed E-state index contributed by atoms with van der Waals surface area (Å²) in [5.41, 5.74) is 0.880. The lowest BCUT2D eigenvalue weighted by Gasteiger charge is -2.34. The summed E-state index contributed by atoms with van der Waals surface area (Å²) in [5.74, 6) is 0.549. The molecule has 9 nitrogen and oxygen atoms in total. The average molecular weight is 476 g/mol. The van der Waals surface area contributed by atoms with Crippen molar-refractivity contribution in [2.45, 2.75) is 18.2 Å². The van der Waals surface area contributed by atoms with Crippen LogP contribution < -0.4 is 14.4 Å². The largest absolute Gasteiger partial charge is 0.494 e. The van der Waals surface area contributed by atoms with Gasteiger partial charge in [-0.2, -0.15) is 0 Å². The monoisotopic (exact) mass is 475 g/mol. The molecular formula is C21H25N5O4S2. The number of hydrogen-bond acceptors (Lipinski definition) is 8. The Kier molecular flexibility index (Phi) is 6.87. The van der Waals surface area contributed by atoms with Gasteiger partial charge in [-0.1, -0.05) is 11.3 Å². The van der Waals surface area contributed by atoms with Crippen LogP contribution in [0.1, 0.15) is 13.3 Å². The highest BCUT2D eigenvalue weighted by Gasteiger charge is 2.23. The van der Waals surface area contributed by atoms with Crippen LogP contribution in [0.3, 0.4) is 0 Å². The number of amides is 1. The minimum absolute atomic E-state index is 0.0537. The van der Waals surface area contributed by atoms with Gasteiger partial charge in [-0.15, -0.1) is 0 Å². The van der Waals surface area contributed by atoms with Crippen molar-refractivity contribution in [1.29, 1.82) is 0 Å². The zero-order valence-electron chi connectivity index (χ0n) is 17.7. The van der Waals surface area contributed by atoms with Crippen LogP contribution in [0.4, 0.5) is 5.13 Å². The van der Waals surface area contributed by atoms with Crippen LogP contribution in [-0.2, 0) is 14.8 Å². The number of thiazole rings is 1. The first-order chi connectivity index (χ1) is 15.5. The number of carbonyl (C=O) groups excluding carboxylic acids is 1. The highest BCUT2D eigenvalue weighted by molar-refractivity contribution is 7.89. The number of anilines is 1. The molecule has 0 radical (unpaired) electrons. The van der Waals surface area contributed by atoms with Crippen molar-refractivity contribution < 1.29 is 17.9 Å². The summed E-state index contributed by atoms with van der Waals surface area (Å²) in [6.07, 6.45) is 1.87. The van der Waals surface area contributed by atoms with Crippen LogP contribution in [0.2, 0.25) is 0 Å². The molecule has 1 saturated heterocycles. The van der Waals surface area contributed by atoms with Crippen molar-refractivity contribution in [2.24, 2.45) is 0 Å². The fourth-order valence-electron chi connectivity index (χ4n) is 3.46. The molecule has 1 fully saturated rings. The number of rotatable bonds is 8. The molecule has 2 aromatic heterocycles. The number of pyridine rings is 1. The topological polar surface area (TPSA) is 105 Å². The molecule has 0 saturated carbocycles. The zero-order chi connectivity index (χ0) is 22.6. The Morgan fingerprint density at radius 2 is 1.91 bits per heavy atom. The van der Waals surface area contributed by atoms with E-state index in [1.807, 2.05) is 19.1 Å². The third-order valence-corrected chi connectivity index (χ3v) is 7.65. The number of carbonyl (C=O) groups is 1. The van der Waals surface area contributed by atoms with Gasteiger partial charge in [0.2, 0.25) is 15.9 Å². The first-order valence-electron chi connectivity index (χ1n) is 10.4. The third kappa shape index (κ3) is 5.17. The molecule has 1 aliphatic heterocycles. The lowest BCUT2D eigenvalue weighted by Crippen LogP contribution is -2.49. The van der Waals surface area contributed by atoms with Crippen molar-refractivity contribution in [2.75, 3.05) is 44.2 Å². The molecule has 1 amide bonds. The summed E-state index contributed by atoms with van der Waals surface area (Å²) < 4.78 is 32.7. The van der Waals surface area contributed by atoms with Crippen molar-refractivity contribution in [3.05, 3.63) is 42.6 Å². The normalized spacial score (nSPS) is 14.7. The molecule has 0 atom stereocenters. The maximum atomic E-state index is 12.6. The van der Waals surface area contributed by atoms with Crippen LogP contribution in [0, 0.1) is 0 Å². The standard InChI is InChI=1S/C21H25N5O4S2/c1-2-30-16-5-7-17(8-6-16)32(28,29)23-11-9-19(27)25-12-14-26(15-13-25)21-24-18-4-3-10-22-20(18)31-21/h3-8,10,23H,2,9,11-15H2,1H3. The number of aromatic nitrogens is 2. The van der Waals surface area contributed by atoms with Crippen molar-refractivity contribution in [3.63, 3.8) is 0 Å². The molecule has 1 N–H and O–H groups in total. The zero-order valence-corrected chi connectivity index (χ0v) is 19.4. The lowest BCUT2D eigenvalue weighted by atomic mass is 10.3. The van der Waals surface area contributed by atoms with E-state index in [1.165, 1.54) is 12.1 Å². The summed E-state index contributed by atoms with van der Waals surface area (Å²) in [5, 5.41) is 0.911. The van der Waals surface area contributed by atoms with Crippen LogP contribution in [0.25, 0.3) is 10.3 Å². The van der Waals surface area contributed by atoms with E-state index < -0.39 is 10.0 Å². The molecule has 11 heteroatoms. The van der Waals surface area contributed by atoms with E-state index in [4.69, 9.17) is 4.74 Å². The fraction of sp³-hybridized carbons (Fsp3) is 0.381. The molecule has 1 aromatic carbocycles. The third-order valence-electron chi connectivity index (χ3n) is 5.13. The van der Waals surface area contributed by atoms with Gasteiger partial charge in [-0.05, 0) is 43.3 Å². The molecule has 0 bridgehead atoms. The Hall–Kier alpha value is -2.76. The molecule has 0 spiro atoms. The van der Waals surface area contributed by atoms with E-state index in [-0.39, 0.29) is 23.8 Å². The summed E-state index contributed by atoms with van der Waals surface area (Å²) >= 11 is 1.55. The predicted molar refractivity (Wildman–Crippen MR) is 124 cm³/mol. The highest BCUT2D eigenvalue weighted by atomic mass is 32.2. The van der Waals surface area contributed by atoms with E-state index in [2.05, 4.69) is 19.6 Å². The number of sulfonamides is 1. The molecule has 0 unspecified atom stereocenters. The van der Waals surface area contributed by atoms with Gasteiger partial charge in [0.1, 0.15) is 16.1 Å². The SMILES string of the molecule is CCOc1ccc(S(=O)(=O)NCCC(=O)N2CCN(c3nc4cccnc4s3)CC2)cc1.